The van der Waals surface area contributed by atoms with Gasteiger partial charge >= 0.3 is 0 Å². The number of hydrogen-bond donors (Lipinski definition) is 2. The lowest BCUT2D eigenvalue weighted by Crippen LogP contribution is -2.29. The number of aromatic nitrogens is 2. The Morgan fingerprint density at radius 2 is 2.64 bits per heavy atom. The molecule has 3 N–H and O–H groups in total. The van der Waals surface area contributed by atoms with Gasteiger partial charge in [-0.1, -0.05) is 0 Å². The molecule has 1 aromatic rings. The van der Waals surface area contributed by atoms with Crippen molar-refractivity contribution in [1.82, 2.24) is 15.1 Å². The molecule has 60 valence electrons. The molecule has 5 heteroatoms. The van der Waals surface area contributed by atoms with E-state index in [0.717, 1.165) is 5.69 Å². The molecular weight excluding hydrogens is 160 g/mol. The molecule has 1 aromatic heterocycles. The summed E-state index contributed by atoms with van der Waals surface area (Å²) >= 11 is 4.65. The summed E-state index contributed by atoms with van der Waals surface area (Å²) in [6.45, 7) is 0.631. The van der Waals surface area contributed by atoms with Crippen LogP contribution < -0.4 is 11.1 Å². The van der Waals surface area contributed by atoms with Gasteiger partial charge in [0.25, 0.3) is 0 Å². The molecule has 0 fully saturated rings. The van der Waals surface area contributed by atoms with Gasteiger partial charge in [-0.15, -0.1) is 0 Å². The molecule has 11 heavy (non-hydrogen) atoms. The zero-order valence-corrected chi connectivity index (χ0v) is 7.06. The molecule has 0 amide bonds. The summed E-state index contributed by atoms with van der Waals surface area (Å²) in [5.74, 6) is 0. The van der Waals surface area contributed by atoms with Gasteiger partial charge < -0.3 is 11.1 Å². The van der Waals surface area contributed by atoms with Crippen molar-refractivity contribution >= 4 is 17.3 Å². The first-order chi connectivity index (χ1) is 5.20. The van der Waals surface area contributed by atoms with Crippen molar-refractivity contribution in [1.29, 1.82) is 0 Å². The Morgan fingerprint density at radius 1 is 1.91 bits per heavy atom. The lowest BCUT2D eigenvalue weighted by Gasteiger charge is -2.02. The maximum absolute atomic E-state index is 5.25. The van der Waals surface area contributed by atoms with Crippen LogP contribution in [0, 0.1) is 0 Å². The van der Waals surface area contributed by atoms with Gasteiger partial charge in [0.1, 0.15) is 0 Å². The fourth-order valence-corrected chi connectivity index (χ4v) is 0.825. The number of nitrogens with zero attached hydrogens (tertiary/aromatic N) is 2. The van der Waals surface area contributed by atoms with E-state index in [9.17, 15) is 0 Å². The van der Waals surface area contributed by atoms with E-state index in [4.69, 9.17) is 5.73 Å². The summed E-state index contributed by atoms with van der Waals surface area (Å²) in [6.07, 6.45) is 1.73. The van der Waals surface area contributed by atoms with E-state index >= 15 is 0 Å². The minimum atomic E-state index is 0.311. The highest BCUT2D eigenvalue weighted by molar-refractivity contribution is 7.80. The van der Waals surface area contributed by atoms with Crippen molar-refractivity contribution in [3.63, 3.8) is 0 Å². The number of aryl methyl sites for hydroxylation is 1. The normalized spacial score (nSPS) is 9.55. The molecule has 0 saturated heterocycles. The SMILES string of the molecule is Cn1nccc1CNC(N)=S. The van der Waals surface area contributed by atoms with Gasteiger partial charge in [0.15, 0.2) is 5.11 Å². The number of rotatable bonds is 2. The zero-order valence-electron chi connectivity index (χ0n) is 6.24. The van der Waals surface area contributed by atoms with Gasteiger partial charge in [0.05, 0.1) is 12.2 Å². The highest BCUT2D eigenvalue weighted by atomic mass is 32.1. The molecule has 0 bridgehead atoms. The third kappa shape index (κ3) is 2.19. The van der Waals surface area contributed by atoms with Crippen LogP contribution in [0.25, 0.3) is 0 Å². The minimum Gasteiger partial charge on any atom is -0.376 e. The maximum Gasteiger partial charge on any atom is 0.163 e. The van der Waals surface area contributed by atoms with Crippen LogP contribution in [0.15, 0.2) is 12.3 Å². The molecule has 0 aliphatic heterocycles. The fraction of sp³-hybridized carbons (Fsp3) is 0.333. The van der Waals surface area contributed by atoms with E-state index in [1.807, 2.05) is 13.1 Å². The van der Waals surface area contributed by atoms with Gasteiger partial charge in [-0.3, -0.25) is 4.68 Å². The number of thiocarbonyl (C=S) groups is 1. The van der Waals surface area contributed by atoms with Crippen molar-refractivity contribution in [3.8, 4) is 0 Å². The molecule has 0 radical (unpaired) electrons. The van der Waals surface area contributed by atoms with Crippen molar-refractivity contribution in [2.75, 3.05) is 0 Å². The van der Waals surface area contributed by atoms with Crippen molar-refractivity contribution in [2.24, 2.45) is 12.8 Å². The van der Waals surface area contributed by atoms with Crippen LogP contribution in [0.1, 0.15) is 5.69 Å². The Morgan fingerprint density at radius 3 is 3.09 bits per heavy atom. The zero-order chi connectivity index (χ0) is 8.27. The molecule has 0 spiro atoms. The maximum atomic E-state index is 5.25. The second-order valence-electron chi connectivity index (χ2n) is 2.16. The predicted molar refractivity (Wildman–Crippen MR) is 46.8 cm³/mol. The molecule has 0 aromatic carbocycles. The van der Waals surface area contributed by atoms with Crippen LogP contribution in [-0.2, 0) is 13.6 Å². The first-order valence-electron chi connectivity index (χ1n) is 3.20. The smallest absolute Gasteiger partial charge is 0.163 e. The molecule has 1 heterocycles. The lowest BCUT2D eigenvalue weighted by atomic mass is 10.4. The highest BCUT2D eigenvalue weighted by Crippen LogP contribution is 1.93. The lowest BCUT2D eigenvalue weighted by molar-refractivity contribution is 0.694. The quantitative estimate of drug-likeness (QED) is 0.601. The van der Waals surface area contributed by atoms with Crippen molar-refractivity contribution in [2.45, 2.75) is 6.54 Å². The van der Waals surface area contributed by atoms with Crippen molar-refractivity contribution < 1.29 is 0 Å². The number of nitrogens with two attached hydrogens (primary N) is 1. The average molecular weight is 170 g/mol. The first-order valence-corrected chi connectivity index (χ1v) is 3.61. The number of nitrogens with one attached hydrogen (secondary N) is 1. The molecule has 0 saturated carbocycles. The summed E-state index contributed by atoms with van der Waals surface area (Å²) in [4.78, 5) is 0. The van der Waals surface area contributed by atoms with Crippen LogP contribution in [-0.4, -0.2) is 14.9 Å². The first kappa shape index (κ1) is 8.00. The molecule has 0 aliphatic rings. The van der Waals surface area contributed by atoms with E-state index in [2.05, 4.69) is 22.6 Å². The van der Waals surface area contributed by atoms with Gasteiger partial charge in [-0.05, 0) is 18.3 Å². The summed E-state index contributed by atoms with van der Waals surface area (Å²) in [7, 11) is 1.87. The molecule has 0 atom stereocenters. The van der Waals surface area contributed by atoms with E-state index in [-0.39, 0.29) is 0 Å². The van der Waals surface area contributed by atoms with E-state index in [1.54, 1.807) is 10.9 Å². The summed E-state index contributed by atoms with van der Waals surface area (Å²) < 4.78 is 1.77. The Labute approximate surface area is 70.4 Å². The third-order valence-electron chi connectivity index (χ3n) is 1.37. The van der Waals surface area contributed by atoms with Crippen LogP contribution in [0.2, 0.25) is 0 Å². The van der Waals surface area contributed by atoms with Gasteiger partial charge in [-0.25, -0.2) is 0 Å². The van der Waals surface area contributed by atoms with Gasteiger partial charge in [0.2, 0.25) is 0 Å². The monoisotopic (exact) mass is 170 g/mol. The highest BCUT2D eigenvalue weighted by Gasteiger charge is 1.96. The third-order valence-corrected chi connectivity index (χ3v) is 1.51. The standard InChI is InChI=1S/C6H10N4S/c1-10-5(2-3-9-10)4-8-6(7)11/h2-3H,4H2,1H3,(H3,7,8,11). The largest absolute Gasteiger partial charge is 0.376 e. The Balaban J connectivity index is 2.51. The second kappa shape index (κ2) is 3.34. The topological polar surface area (TPSA) is 55.9 Å². The summed E-state index contributed by atoms with van der Waals surface area (Å²) in [5, 5.41) is 7.14. The van der Waals surface area contributed by atoms with Crippen LogP contribution in [0.3, 0.4) is 0 Å². The Kier molecular flexibility index (Phi) is 2.43. The second-order valence-corrected chi connectivity index (χ2v) is 2.60. The number of hydrogen-bond acceptors (Lipinski definition) is 2. The average Bonchev–Trinajstić information content (AvgIpc) is 2.31. The van der Waals surface area contributed by atoms with Crippen molar-refractivity contribution in [3.05, 3.63) is 18.0 Å². The minimum absolute atomic E-state index is 0.311. The van der Waals surface area contributed by atoms with E-state index in [1.165, 1.54) is 0 Å². The van der Waals surface area contributed by atoms with Crippen LogP contribution in [0.5, 0.6) is 0 Å². The fourth-order valence-electron chi connectivity index (χ4n) is 0.752. The van der Waals surface area contributed by atoms with E-state index in [0.29, 0.717) is 11.7 Å². The molecule has 4 nitrogen and oxygen atoms in total. The molecule has 0 aliphatic carbocycles. The summed E-state index contributed by atoms with van der Waals surface area (Å²) in [5.41, 5.74) is 6.30. The molecular formula is C6H10N4S. The van der Waals surface area contributed by atoms with Crippen LogP contribution in [0.4, 0.5) is 0 Å². The predicted octanol–water partition coefficient (Wildman–Crippen LogP) is -0.247. The molecule has 0 unspecified atom stereocenters. The van der Waals surface area contributed by atoms with Gasteiger partial charge in [0, 0.05) is 13.2 Å². The van der Waals surface area contributed by atoms with Gasteiger partial charge in [-0.2, -0.15) is 5.10 Å². The Bertz CT molecular complexity index is 255. The Hall–Kier alpha value is -1.10. The molecule has 1 rings (SSSR count). The van der Waals surface area contributed by atoms with E-state index < -0.39 is 0 Å². The summed E-state index contributed by atoms with van der Waals surface area (Å²) in [6, 6.07) is 1.91. The van der Waals surface area contributed by atoms with Crippen LogP contribution >= 0.6 is 12.2 Å².